The minimum Gasteiger partial charge on any atom is -0.321 e. The molecule has 1 atom stereocenters. The zero-order valence-electron chi connectivity index (χ0n) is 9.24. The van der Waals surface area contributed by atoms with Crippen LogP contribution in [0.15, 0.2) is 18.2 Å². The fraction of sp³-hybridized carbons (Fsp3) is 0.273. The fourth-order valence-electron chi connectivity index (χ4n) is 1.50. The van der Waals surface area contributed by atoms with Crippen molar-refractivity contribution in [3.8, 4) is 0 Å². The first-order valence-corrected chi connectivity index (χ1v) is 5.92. The molecule has 0 fully saturated rings. The molecule has 2 aromatic rings. The van der Waals surface area contributed by atoms with Crippen LogP contribution < -0.4 is 5.73 Å². The van der Waals surface area contributed by atoms with Gasteiger partial charge in [0.2, 0.25) is 0 Å². The van der Waals surface area contributed by atoms with E-state index in [1.165, 1.54) is 0 Å². The van der Waals surface area contributed by atoms with E-state index in [1.807, 2.05) is 19.1 Å². The van der Waals surface area contributed by atoms with Gasteiger partial charge in [-0.05, 0) is 30.7 Å². The molecule has 1 heterocycles. The number of hydrogen-bond donors (Lipinski definition) is 2. The van der Waals surface area contributed by atoms with E-state index in [4.69, 9.17) is 28.9 Å². The predicted molar refractivity (Wildman–Crippen MR) is 68.3 cm³/mol. The van der Waals surface area contributed by atoms with Crippen LogP contribution in [-0.2, 0) is 6.42 Å². The lowest BCUT2D eigenvalue weighted by atomic mass is 10.1. The average molecular weight is 271 g/mol. The van der Waals surface area contributed by atoms with E-state index in [2.05, 4.69) is 15.2 Å². The van der Waals surface area contributed by atoms with Gasteiger partial charge in [0.1, 0.15) is 5.82 Å². The van der Waals surface area contributed by atoms with Crippen molar-refractivity contribution < 1.29 is 0 Å². The number of nitrogens with one attached hydrogen (secondary N) is 1. The van der Waals surface area contributed by atoms with Crippen LogP contribution in [0.4, 0.5) is 0 Å². The molecule has 1 aromatic heterocycles. The Bertz CT molecular complexity index is 502. The van der Waals surface area contributed by atoms with Crippen molar-refractivity contribution in [2.45, 2.75) is 19.4 Å². The first kappa shape index (κ1) is 12.4. The zero-order valence-corrected chi connectivity index (χ0v) is 10.8. The minimum atomic E-state index is -0.178. The minimum absolute atomic E-state index is 0.178. The molecule has 2 rings (SSSR count). The molecule has 90 valence electrons. The third kappa shape index (κ3) is 3.19. The number of nitrogens with two attached hydrogens (primary N) is 1. The molecule has 0 saturated carbocycles. The van der Waals surface area contributed by atoms with Gasteiger partial charge in [-0.2, -0.15) is 5.10 Å². The van der Waals surface area contributed by atoms with Crippen LogP contribution in [0, 0.1) is 0 Å². The highest BCUT2D eigenvalue weighted by molar-refractivity contribution is 6.34. The molecule has 6 heteroatoms. The Kier molecular flexibility index (Phi) is 3.66. The summed E-state index contributed by atoms with van der Waals surface area (Å²) in [4.78, 5) is 4.29. The van der Waals surface area contributed by atoms with Gasteiger partial charge in [-0.25, -0.2) is 4.98 Å². The second-order valence-electron chi connectivity index (χ2n) is 3.88. The number of nitrogens with zero attached hydrogens (tertiary/aromatic N) is 2. The lowest BCUT2D eigenvalue weighted by Crippen LogP contribution is -2.06. The molecular weight excluding hydrogens is 259 g/mol. The van der Waals surface area contributed by atoms with Crippen LogP contribution in [0.2, 0.25) is 10.0 Å². The van der Waals surface area contributed by atoms with Crippen molar-refractivity contribution in [3.63, 3.8) is 0 Å². The second kappa shape index (κ2) is 5.04. The summed E-state index contributed by atoms with van der Waals surface area (Å²) in [7, 11) is 0. The SMILES string of the molecule is CC(N)c1n[nH]c(Cc2cc(Cl)cc(Cl)c2)n1. The first-order valence-electron chi connectivity index (χ1n) is 5.16. The lowest BCUT2D eigenvalue weighted by molar-refractivity contribution is 0.744. The monoisotopic (exact) mass is 270 g/mol. The van der Waals surface area contributed by atoms with Crippen molar-refractivity contribution in [2.24, 2.45) is 5.73 Å². The molecule has 0 radical (unpaired) electrons. The third-order valence-electron chi connectivity index (χ3n) is 2.25. The Labute approximate surface area is 109 Å². The Morgan fingerprint density at radius 2 is 1.94 bits per heavy atom. The number of aromatic amines is 1. The van der Waals surface area contributed by atoms with Gasteiger partial charge in [0, 0.05) is 16.5 Å². The average Bonchev–Trinajstić information content (AvgIpc) is 2.64. The van der Waals surface area contributed by atoms with E-state index < -0.39 is 0 Å². The number of benzene rings is 1. The summed E-state index contributed by atoms with van der Waals surface area (Å²) in [6, 6.07) is 5.21. The van der Waals surface area contributed by atoms with Gasteiger partial charge >= 0.3 is 0 Å². The Hall–Kier alpha value is -1.10. The molecule has 0 amide bonds. The molecular formula is C11H12Cl2N4. The number of aromatic nitrogens is 3. The van der Waals surface area contributed by atoms with E-state index in [0.717, 1.165) is 11.4 Å². The van der Waals surface area contributed by atoms with E-state index >= 15 is 0 Å². The maximum Gasteiger partial charge on any atom is 0.167 e. The Morgan fingerprint density at radius 1 is 1.29 bits per heavy atom. The van der Waals surface area contributed by atoms with Crippen molar-refractivity contribution >= 4 is 23.2 Å². The molecule has 0 bridgehead atoms. The molecule has 3 N–H and O–H groups in total. The van der Waals surface area contributed by atoms with Crippen LogP contribution in [0.25, 0.3) is 0 Å². The van der Waals surface area contributed by atoms with Gasteiger partial charge in [-0.1, -0.05) is 23.2 Å². The zero-order chi connectivity index (χ0) is 12.4. The Balaban J connectivity index is 2.19. The fourth-order valence-corrected chi connectivity index (χ4v) is 2.07. The van der Waals surface area contributed by atoms with E-state index in [1.54, 1.807) is 6.07 Å². The van der Waals surface area contributed by atoms with Crippen molar-refractivity contribution in [3.05, 3.63) is 45.5 Å². The van der Waals surface area contributed by atoms with Gasteiger partial charge in [0.15, 0.2) is 5.82 Å². The summed E-state index contributed by atoms with van der Waals surface area (Å²) in [5.41, 5.74) is 6.66. The standard InChI is InChI=1S/C11H12Cl2N4/c1-6(14)11-15-10(16-17-11)4-7-2-8(12)5-9(13)3-7/h2-3,5-6H,4,14H2,1H3,(H,15,16,17). The molecule has 0 spiro atoms. The summed E-state index contributed by atoms with van der Waals surface area (Å²) in [6.07, 6.45) is 0.597. The van der Waals surface area contributed by atoms with Gasteiger partial charge < -0.3 is 5.73 Å². The van der Waals surface area contributed by atoms with Crippen LogP contribution in [0.3, 0.4) is 0 Å². The number of H-pyrrole nitrogens is 1. The van der Waals surface area contributed by atoms with E-state index in [9.17, 15) is 0 Å². The summed E-state index contributed by atoms with van der Waals surface area (Å²) >= 11 is 11.8. The van der Waals surface area contributed by atoms with Gasteiger partial charge in [-0.15, -0.1) is 0 Å². The molecule has 17 heavy (non-hydrogen) atoms. The smallest absolute Gasteiger partial charge is 0.167 e. The van der Waals surface area contributed by atoms with Crippen molar-refractivity contribution in [2.75, 3.05) is 0 Å². The van der Waals surface area contributed by atoms with Crippen LogP contribution in [0.5, 0.6) is 0 Å². The second-order valence-corrected chi connectivity index (χ2v) is 4.76. The summed E-state index contributed by atoms with van der Waals surface area (Å²) in [6.45, 7) is 1.84. The molecule has 0 aliphatic carbocycles. The molecule has 0 saturated heterocycles. The Morgan fingerprint density at radius 3 is 2.47 bits per heavy atom. The van der Waals surface area contributed by atoms with Crippen molar-refractivity contribution in [1.82, 2.24) is 15.2 Å². The van der Waals surface area contributed by atoms with Crippen molar-refractivity contribution in [1.29, 1.82) is 0 Å². The van der Waals surface area contributed by atoms with Gasteiger partial charge in [0.25, 0.3) is 0 Å². The summed E-state index contributed by atoms with van der Waals surface area (Å²) in [5, 5.41) is 8.10. The number of halogens is 2. The number of hydrogen-bond acceptors (Lipinski definition) is 3. The molecule has 1 aromatic carbocycles. The predicted octanol–water partition coefficient (Wildman–Crippen LogP) is 2.72. The molecule has 0 aliphatic heterocycles. The molecule has 4 nitrogen and oxygen atoms in total. The topological polar surface area (TPSA) is 67.6 Å². The summed E-state index contributed by atoms with van der Waals surface area (Å²) < 4.78 is 0. The highest BCUT2D eigenvalue weighted by atomic mass is 35.5. The molecule has 1 unspecified atom stereocenters. The van der Waals surface area contributed by atoms with E-state index in [0.29, 0.717) is 22.3 Å². The highest BCUT2D eigenvalue weighted by Gasteiger charge is 2.08. The maximum absolute atomic E-state index is 5.92. The summed E-state index contributed by atoms with van der Waals surface area (Å²) in [5.74, 6) is 1.35. The first-order chi connectivity index (χ1) is 8.04. The van der Waals surface area contributed by atoms with Crippen LogP contribution >= 0.6 is 23.2 Å². The third-order valence-corrected chi connectivity index (χ3v) is 2.69. The van der Waals surface area contributed by atoms with Crippen LogP contribution in [-0.4, -0.2) is 15.2 Å². The van der Waals surface area contributed by atoms with Gasteiger partial charge in [-0.3, -0.25) is 5.10 Å². The highest BCUT2D eigenvalue weighted by Crippen LogP contribution is 2.20. The molecule has 0 aliphatic rings. The van der Waals surface area contributed by atoms with Gasteiger partial charge in [0.05, 0.1) is 6.04 Å². The normalized spacial score (nSPS) is 12.7. The largest absolute Gasteiger partial charge is 0.321 e. The maximum atomic E-state index is 5.92. The lowest BCUT2D eigenvalue weighted by Gasteiger charge is -2.00. The van der Waals surface area contributed by atoms with Crippen LogP contribution in [0.1, 0.15) is 30.2 Å². The van der Waals surface area contributed by atoms with E-state index in [-0.39, 0.29) is 6.04 Å². The quantitative estimate of drug-likeness (QED) is 0.901. The number of rotatable bonds is 3.